The number of carbonyl (C=O) groups is 2. The third-order valence-corrected chi connectivity index (χ3v) is 5.71. The van der Waals surface area contributed by atoms with Crippen LogP contribution >= 0.6 is 0 Å². The van der Waals surface area contributed by atoms with E-state index in [1.165, 1.54) is 0 Å². The Bertz CT molecular complexity index is 1030. The number of ketones is 1. The first kappa shape index (κ1) is 24.4. The zero-order valence-electron chi connectivity index (χ0n) is 19.9. The zero-order valence-corrected chi connectivity index (χ0v) is 19.9. The van der Waals surface area contributed by atoms with E-state index in [-0.39, 0.29) is 11.3 Å². The van der Waals surface area contributed by atoms with Gasteiger partial charge in [-0.3, -0.25) is 9.59 Å². The first-order valence-electron chi connectivity index (χ1n) is 11.7. The first-order valence-corrected chi connectivity index (χ1v) is 11.7. The van der Waals surface area contributed by atoms with Gasteiger partial charge in [0.25, 0.3) is 11.7 Å². The van der Waals surface area contributed by atoms with E-state index >= 15 is 0 Å². The summed E-state index contributed by atoms with van der Waals surface area (Å²) in [5.74, 6) is 0.0382. The molecule has 1 N–H and O–H groups in total. The molecule has 1 aliphatic rings. The van der Waals surface area contributed by atoms with Crippen LogP contribution in [0.25, 0.3) is 5.76 Å². The summed E-state index contributed by atoms with van der Waals surface area (Å²) in [5, 5.41) is 11.2. The lowest BCUT2D eigenvalue weighted by Gasteiger charge is -2.25. The molecule has 1 saturated heterocycles. The molecule has 1 atom stereocenters. The van der Waals surface area contributed by atoms with Gasteiger partial charge in [-0.25, -0.2) is 0 Å². The molecule has 3 rings (SSSR count). The number of unbranched alkanes of at least 4 members (excludes halogenated alkanes) is 1. The second-order valence-electron chi connectivity index (χ2n) is 8.18. The van der Waals surface area contributed by atoms with Crippen molar-refractivity contribution < 1.29 is 24.2 Å². The highest BCUT2D eigenvalue weighted by Crippen LogP contribution is 2.40. The monoisotopic (exact) mass is 451 g/mol. The summed E-state index contributed by atoms with van der Waals surface area (Å²) in [5.41, 5.74) is 2.21. The quantitative estimate of drug-likeness (QED) is 0.297. The lowest BCUT2D eigenvalue weighted by molar-refractivity contribution is -0.139. The SMILES string of the molecule is CCCCN1C(=O)C(=O)/C(=C(\O)c2ccc(OCCC)c(C)c2)C1c1ccc(OCC)cc1. The Hall–Kier alpha value is -3.28. The summed E-state index contributed by atoms with van der Waals surface area (Å²) >= 11 is 0. The molecule has 1 heterocycles. The van der Waals surface area contributed by atoms with E-state index in [0.717, 1.165) is 36.1 Å². The lowest BCUT2D eigenvalue weighted by Crippen LogP contribution is -2.30. The average molecular weight is 452 g/mol. The Morgan fingerprint density at radius 3 is 2.33 bits per heavy atom. The van der Waals surface area contributed by atoms with E-state index in [1.807, 2.05) is 52.0 Å². The van der Waals surface area contributed by atoms with Gasteiger partial charge >= 0.3 is 0 Å². The van der Waals surface area contributed by atoms with Crippen molar-refractivity contribution in [3.05, 3.63) is 64.7 Å². The van der Waals surface area contributed by atoms with E-state index < -0.39 is 17.7 Å². The number of benzene rings is 2. The Labute approximate surface area is 195 Å². The molecule has 0 saturated carbocycles. The van der Waals surface area contributed by atoms with E-state index in [1.54, 1.807) is 23.1 Å². The number of amides is 1. The molecular weight excluding hydrogens is 418 g/mol. The molecule has 0 bridgehead atoms. The van der Waals surface area contributed by atoms with Crippen LogP contribution in [0.4, 0.5) is 0 Å². The molecule has 1 aliphatic heterocycles. The second-order valence-corrected chi connectivity index (χ2v) is 8.18. The van der Waals surface area contributed by atoms with Gasteiger partial charge in [-0.05, 0) is 68.1 Å². The maximum absolute atomic E-state index is 13.1. The van der Waals surface area contributed by atoms with Gasteiger partial charge in [0.05, 0.1) is 24.8 Å². The summed E-state index contributed by atoms with van der Waals surface area (Å²) < 4.78 is 11.3. The van der Waals surface area contributed by atoms with Crippen molar-refractivity contribution in [2.75, 3.05) is 19.8 Å². The molecule has 176 valence electrons. The van der Waals surface area contributed by atoms with Gasteiger partial charge in [-0.1, -0.05) is 32.4 Å². The number of ether oxygens (including phenoxy) is 2. The largest absolute Gasteiger partial charge is 0.507 e. The summed E-state index contributed by atoms with van der Waals surface area (Å²) in [6, 6.07) is 12.0. The number of rotatable bonds is 10. The number of aliphatic hydroxyl groups is 1. The van der Waals surface area contributed by atoms with Gasteiger partial charge < -0.3 is 19.5 Å². The molecule has 1 amide bonds. The number of Topliss-reactive ketones (excluding diaryl/α,β-unsaturated/α-hetero) is 1. The van der Waals surface area contributed by atoms with Gasteiger partial charge in [0.2, 0.25) is 0 Å². The highest BCUT2D eigenvalue weighted by Gasteiger charge is 2.45. The molecule has 2 aromatic carbocycles. The molecule has 6 nitrogen and oxygen atoms in total. The first-order chi connectivity index (χ1) is 15.9. The highest BCUT2D eigenvalue weighted by molar-refractivity contribution is 6.46. The Kier molecular flexibility index (Phi) is 8.15. The van der Waals surface area contributed by atoms with Crippen LogP contribution in [0.1, 0.15) is 62.8 Å². The van der Waals surface area contributed by atoms with Crippen molar-refractivity contribution in [3.63, 3.8) is 0 Å². The maximum atomic E-state index is 13.1. The molecule has 6 heteroatoms. The average Bonchev–Trinajstić information content (AvgIpc) is 3.07. The van der Waals surface area contributed by atoms with Crippen LogP contribution in [0.2, 0.25) is 0 Å². The van der Waals surface area contributed by atoms with Crippen molar-refractivity contribution >= 4 is 17.4 Å². The van der Waals surface area contributed by atoms with Gasteiger partial charge in [0.15, 0.2) is 0 Å². The maximum Gasteiger partial charge on any atom is 0.295 e. The van der Waals surface area contributed by atoms with Gasteiger partial charge in [-0.2, -0.15) is 0 Å². The molecule has 33 heavy (non-hydrogen) atoms. The van der Waals surface area contributed by atoms with Crippen LogP contribution in [0.5, 0.6) is 11.5 Å². The third kappa shape index (κ3) is 5.21. The number of likely N-dealkylation sites (tertiary alicyclic amines) is 1. The molecule has 1 fully saturated rings. The van der Waals surface area contributed by atoms with Crippen LogP contribution in [-0.4, -0.2) is 41.5 Å². The fraction of sp³-hybridized carbons (Fsp3) is 0.407. The third-order valence-electron chi connectivity index (χ3n) is 5.71. The number of carbonyl (C=O) groups excluding carboxylic acids is 2. The van der Waals surface area contributed by atoms with E-state index in [4.69, 9.17) is 9.47 Å². The Balaban J connectivity index is 2.07. The van der Waals surface area contributed by atoms with Crippen LogP contribution in [0.3, 0.4) is 0 Å². The van der Waals surface area contributed by atoms with E-state index in [9.17, 15) is 14.7 Å². The standard InChI is InChI=1S/C27H33NO5/c1-5-8-15-28-24(19-9-12-21(13-10-19)32-7-3)23(26(30)27(28)31)25(29)20-11-14-22(18(4)17-20)33-16-6-2/h9-14,17,24,29H,5-8,15-16H2,1-4H3/b25-23-. The molecule has 1 unspecified atom stereocenters. The van der Waals surface area contributed by atoms with E-state index in [2.05, 4.69) is 0 Å². The minimum atomic E-state index is -0.661. The number of hydrogen-bond donors (Lipinski definition) is 1. The van der Waals surface area contributed by atoms with Crippen LogP contribution < -0.4 is 9.47 Å². The Morgan fingerprint density at radius 2 is 1.73 bits per heavy atom. The summed E-state index contributed by atoms with van der Waals surface area (Å²) in [6.07, 6.45) is 2.55. The second kappa shape index (κ2) is 11.0. The molecule has 0 aliphatic carbocycles. The van der Waals surface area contributed by atoms with Crippen LogP contribution in [0.15, 0.2) is 48.0 Å². The fourth-order valence-corrected chi connectivity index (χ4v) is 4.02. The van der Waals surface area contributed by atoms with Crippen molar-refractivity contribution in [3.8, 4) is 11.5 Å². The zero-order chi connectivity index (χ0) is 24.0. The van der Waals surface area contributed by atoms with Crippen molar-refractivity contribution in [2.24, 2.45) is 0 Å². The molecule has 2 aromatic rings. The smallest absolute Gasteiger partial charge is 0.295 e. The summed E-state index contributed by atoms with van der Waals surface area (Å²) in [7, 11) is 0. The topological polar surface area (TPSA) is 76.1 Å². The van der Waals surface area contributed by atoms with Crippen LogP contribution in [-0.2, 0) is 9.59 Å². The van der Waals surface area contributed by atoms with Gasteiger partial charge in [0.1, 0.15) is 17.3 Å². The minimum absolute atomic E-state index is 0.113. The normalized spacial score (nSPS) is 17.5. The van der Waals surface area contributed by atoms with E-state index in [0.29, 0.717) is 31.1 Å². The van der Waals surface area contributed by atoms with Gasteiger partial charge in [-0.15, -0.1) is 0 Å². The molecule has 0 radical (unpaired) electrons. The predicted molar refractivity (Wildman–Crippen MR) is 128 cm³/mol. The van der Waals surface area contributed by atoms with Crippen molar-refractivity contribution in [1.82, 2.24) is 4.90 Å². The number of hydrogen-bond acceptors (Lipinski definition) is 5. The van der Waals surface area contributed by atoms with Crippen molar-refractivity contribution in [2.45, 2.75) is 53.0 Å². The molecule has 0 spiro atoms. The number of nitrogens with zero attached hydrogens (tertiary/aromatic N) is 1. The minimum Gasteiger partial charge on any atom is -0.507 e. The fourth-order valence-electron chi connectivity index (χ4n) is 4.02. The number of aliphatic hydroxyl groups excluding tert-OH is 1. The predicted octanol–water partition coefficient (Wildman–Crippen LogP) is 5.40. The highest BCUT2D eigenvalue weighted by atomic mass is 16.5. The number of aryl methyl sites for hydroxylation is 1. The molecule has 0 aromatic heterocycles. The van der Waals surface area contributed by atoms with Gasteiger partial charge in [0, 0.05) is 12.1 Å². The lowest BCUT2D eigenvalue weighted by atomic mass is 9.94. The summed E-state index contributed by atoms with van der Waals surface area (Å²) in [4.78, 5) is 27.6. The van der Waals surface area contributed by atoms with Crippen molar-refractivity contribution in [1.29, 1.82) is 0 Å². The molecular formula is C27H33NO5. The summed E-state index contributed by atoms with van der Waals surface area (Å²) in [6.45, 7) is 9.47. The Morgan fingerprint density at radius 1 is 1.00 bits per heavy atom. The van der Waals surface area contributed by atoms with Crippen LogP contribution in [0, 0.1) is 6.92 Å².